The number of furan rings is 1. The van der Waals surface area contributed by atoms with Gasteiger partial charge in [0.25, 0.3) is 0 Å². The SMILES string of the molecule is c1ccc(-c2nc(-c3ccccc3)nc(-c3cccc4oc5c(-c6cc7sc8ccccc8c7c7ccccc67)cccc5c34)n2)cc1. The quantitative estimate of drug-likeness (QED) is 0.194. The van der Waals surface area contributed by atoms with Crippen molar-refractivity contribution in [2.24, 2.45) is 0 Å². The number of rotatable bonds is 4. The molecular formula is C43H25N3OS. The number of hydrogen-bond acceptors (Lipinski definition) is 5. The average molecular weight is 632 g/mol. The van der Waals surface area contributed by atoms with Crippen LogP contribution < -0.4 is 0 Å². The van der Waals surface area contributed by atoms with Gasteiger partial charge in [-0.05, 0) is 34.5 Å². The van der Waals surface area contributed by atoms with E-state index in [1.807, 2.05) is 84.1 Å². The Hall–Kier alpha value is -6.17. The second-order valence-electron chi connectivity index (χ2n) is 11.9. The van der Waals surface area contributed by atoms with Crippen molar-refractivity contribution >= 4 is 64.2 Å². The molecule has 0 aliphatic heterocycles. The summed E-state index contributed by atoms with van der Waals surface area (Å²) in [6.45, 7) is 0. The Bertz CT molecular complexity index is 2780. The third kappa shape index (κ3) is 4.18. The molecule has 0 radical (unpaired) electrons. The number of nitrogens with zero attached hydrogens (tertiary/aromatic N) is 3. The third-order valence-corrected chi connectivity index (χ3v) is 10.3. The molecule has 3 aromatic heterocycles. The van der Waals surface area contributed by atoms with Gasteiger partial charge < -0.3 is 4.42 Å². The van der Waals surface area contributed by atoms with Crippen molar-refractivity contribution in [3.8, 4) is 45.3 Å². The Morgan fingerprint density at radius 2 is 0.979 bits per heavy atom. The van der Waals surface area contributed by atoms with Crippen molar-refractivity contribution < 1.29 is 4.42 Å². The van der Waals surface area contributed by atoms with Gasteiger partial charge in [0.2, 0.25) is 0 Å². The van der Waals surface area contributed by atoms with E-state index in [-0.39, 0.29) is 0 Å². The maximum Gasteiger partial charge on any atom is 0.164 e. The molecule has 0 amide bonds. The van der Waals surface area contributed by atoms with Crippen LogP contribution >= 0.6 is 11.3 Å². The van der Waals surface area contributed by atoms with Crippen LogP contribution in [0.25, 0.3) is 98.2 Å². The fourth-order valence-corrected chi connectivity index (χ4v) is 8.15. The first-order valence-electron chi connectivity index (χ1n) is 15.9. The Kier molecular flexibility index (Phi) is 6.01. The van der Waals surface area contributed by atoms with Gasteiger partial charge in [0.15, 0.2) is 17.5 Å². The number of aromatic nitrogens is 3. The summed E-state index contributed by atoms with van der Waals surface area (Å²) in [6, 6.07) is 52.5. The monoisotopic (exact) mass is 631 g/mol. The zero-order valence-corrected chi connectivity index (χ0v) is 26.4. The summed E-state index contributed by atoms with van der Waals surface area (Å²) in [5, 5.41) is 7.09. The topological polar surface area (TPSA) is 51.8 Å². The Morgan fingerprint density at radius 3 is 1.73 bits per heavy atom. The summed E-state index contributed by atoms with van der Waals surface area (Å²) in [6.07, 6.45) is 0. The molecule has 0 aliphatic carbocycles. The van der Waals surface area contributed by atoms with Crippen LogP contribution in [0, 0.1) is 0 Å². The maximum atomic E-state index is 6.78. The normalized spacial score (nSPS) is 11.8. The van der Waals surface area contributed by atoms with Crippen LogP contribution in [0.4, 0.5) is 0 Å². The molecule has 10 aromatic rings. The van der Waals surface area contributed by atoms with Crippen molar-refractivity contribution in [3.63, 3.8) is 0 Å². The van der Waals surface area contributed by atoms with E-state index < -0.39 is 0 Å². The first kappa shape index (κ1) is 27.0. The first-order valence-corrected chi connectivity index (χ1v) is 16.8. The second-order valence-corrected chi connectivity index (χ2v) is 13.0. The van der Waals surface area contributed by atoms with Crippen molar-refractivity contribution in [2.75, 3.05) is 0 Å². The van der Waals surface area contributed by atoms with E-state index in [0.29, 0.717) is 17.5 Å². The number of para-hydroxylation sites is 1. The maximum absolute atomic E-state index is 6.78. The Balaban J connectivity index is 1.23. The molecule has 3 heterocycles. The molecule has 0 bridgehead atoms. The molecule has 5 heteroatoms. The summed E-state index contributed by atoms with van der Waals surface area (Å²) in [5.74, 6) is 1.87. The molecule has 224 valence electrons. The zero-order chi connectivity index (χ0) is 31.6. The summed E-state index contributed by atoms with van der Waals surface area (Å²) in [7, 11) is 0. The minimum atomic E-state index is 0.610. The van der Waals surface area contributed by atoms with Crippen molar-refractivity contribution in [2.45, 2.75) is 0 Å². The largest absolute Gasteiger partial charge is 0.455 e. The van der Waals surface area contributed by atoms with E-state index in [4.69, 9.17) is 19.4 Å². The highest BCUT2D eigenvalue weighted by molar-refractivity contribution is 7.26. The molecule has 0 N–H and O–H groups in total. The highest BCUT2D eigenvalue weighted by Gasteiger charge is 2.21. The van der Waals surface area contributed by atoms with Gasteiger partial charge in [-0.2, -0.15) is 0 Å². The van der Waals surface area contributed by atoms with Gasteiger partial charge in [-0.15, -0.1) is 11.3 Å². The fourth-order valence-electron chi connectivity index (χ4n) is 6.99. The van der Waals surface area contributed by atoms with Crippen molar-refractivity contribution in [1.29, 1.82) is 0 Å². The van der Waals surface area contributed by atoms with E-state index >= 15 is 0 Å². The molecular weight excluding hydrogens is 607 g/mol. The zero-order valence-electron chi connectivity index (χ0n) is 25.6. The summed E-state index contributed by atoms with van der Waals surface area (Å²) in [4.78, 5) is 15.0. The molecule has 0 unspecified atom stereocenters. The smallest absolute Gasteiger partial charge is 0.164 e. The Labute approximate surface area is 279 Å². The number of fused-ring (bicyclic) bond motifs is 8. The van der Waals surface area contributed by atoms with E-state index in [1.165, 1.54) is 30.9 Å². The van der Waals surface area contributed by atoms with Gasteiger partial charge >= 0.3 is 0 Å². The van der Waals surface area contributed by atoms with Gasteiger partial charge in [0, 0.05) is 53.2 Å². The average Bonchev–Trinajstić information content (AvgIpc) is 3.74. The minimum absolute atomic E-state index is 0.610. The van der Waals surface area contributed by atoms with E-state index in [9.17, 15) is 0 Å². The number of hydrogen-bond donors (Lipinski definition) is 0. The lowest BCUT2D eigenvalue weighted by atomic mass is 9.93. The summed E-state index contributed by atoms with van der Waals surface area (Å²) < 4.78 is 9.35. The van der Waals surface area contributed by atoms with E-state index in [1.54, 1.807) is 0 Å². The van der Waals surface area contributed by atoms with Gasteiger partial charge in [-0.25, -0.2) is 15.0 Å². The van der Waals surface area contributed by atoms with Crippen LogP contribution in [0.15, 0.2) is 156 Å². The lowest BCUT2D eigenvalue weighted by Crippen LogP contribution is -2.00. The number of thiophene rings is 1. The number of benzene rings is 7. The molecule has 0 atom stereocenters. The highest BCUT2D eigenvalue weighted by Crippen LogP contribution is 2.46. The van der Waals surface area contributed by atoms with E-state index in [2.05, 4.69) is 78.9 Å². The minimum Gasteiger partial charge on any atom is -0.455 e. The molecule has 0 aliphatic rings. The Morgan fingerprint density at radius 1 is 0.396 bits per heavy atom. The van der Waals surface area contributed by atoms with Crippen LogP contribution in [0.1, 0.15) is 0 Å². The highest BCUT2D eigenvalue weighted by atomic mass is 32.1. The standard InChI is InChI=1S/C43H25N3OS/c1-3-13-26(14-4-1)41-44-42(27-15-5-2-6-16-27)46-43(45-41)33-22-12-23-35-38(33)32-21-11-20-30(40(32)47-35)34-25-37-39(29-18-8-7-17-28(29)34)31-19-9-10-24-36(31)48-37/h1-25H. The van der Waals surface area contributed by atoms with Crippen LogP contribution in [0.5, 0.6) is 0 Å². The lowest BCUT2D eigenvalue weighted by molar-refractivity contribution is 0.670. The third-order valence-electron chi connectivity index (χ3n) is 9.14. The molecule has 0 saturated heterocycles. The molecule has 0 fully saturated rings. The molecule has 48 heavy (non-hydrogen) atoms. The molecule has 0 spiro atoms. The lowest BCUT2D eigenvalue weighted by Gasteiger charge is -2.10. The molecule has 10 rings (SSSR count). The van der Waals surface area contributed by atoms with Gasteiger partial charge in [0.1, 0.15) is 11.2 Å². The molecule has 0 saturated carbocycles. The van der Waals surface area contributed by atoms with Crippen molar-refractivity contribution in [1.82, 2.24) is 15.0 Å². The first-order chi connectivity index (χ1) is 23.8. The van der Waals surface area contributed by atoms with Crippen LogP contribution in [0.2, 0.25) is 0 Å². The van der Waals surface area contributed by atoms with Gasteiger partial charge in [0.05, 0.1) is 0 Å². The van der Waals surface area contributed by atoms with Crippen LogP contribution in [-0.4, -0.2) is 15.0 Å². The molecule has 7 aromatic carbocycles. The van der Waals surface area contributed by atoms with Crippen molar-refractivity contribution in [3.05, 3.63) is 152 Å². The summed E-state index contributed by atoms with van der Waals surface area (Å²) in [5.41, 5.74) is 6.66. The van der Waals surface area contributed by atoms with Gasteiger partial charge in [-0.3, -0.25) is 0 Å². The fraction of sp³-hybridized carbons (Fsp3) is 0. The van der Waals surface area contributed by atoms with Gasteiger partial charge in [-0.1, -0.05) is 133 Å². The predicted molar refractivity (Wildman–Crippen MR) is 199 cm³/mol. The predicted octanol–water partition coefficient (Wildman–Crippen LogP) is 12.0. The van der Waals surface area contributed by atoms with Crippen LogP contribution in [0.3, 0.4) is 0 Å². The van der Waals surface area contributed by atoms with Crippen LogP contribution in [-0.2, 0) is 0 Å². The van der Waals surface area contributed by atoms with E-state index in [0.717, 1.165) is 49.8 Å². The molecule has 4 nitrogen and oxygen atoms in total. The summed E-state index contributed by atoms with van der Waals surface area (Å²) >= 11 is 1.84. The second kappa shape index (κ2) is 10.7.